The maximum Gasteiger partial charge on any atom is 0.144 e. The van der Waals surface area contributed by atoms with Gasteiger partial charge in [-0.15, -0.1) is 0 Å². The van der Waals surface area contributed by atoms with Gasteiger partial charge in [0.2, 0.25) is 0 Å². The molecule has 2 aromatic rings. The first-order valence-corrected chi connectivity index (χ1v) is 8.63. The molecule has 1 saturated heterocycles. The molecule has 5 nitrogen and oxygen atoms in total. The monoisotopic (exact) mass is 337 g/mol. The van der Waals surface area contributed by atoms with E-state index in [-0.39, 0.29) is 6.10 Å². The fraction of sp³-hybridized carbons (Fsp3) is 0.400. The fourth-order valence-electron chi connectivity index (χ4n) is 2.88. The van der Waals surface area contributed by atoms with Crippen molar-refractivity contribution >= 4 is 5.82 Å². The number of anilines is 1. The third kappa shape index (κ3) is 5.02. The number of aromatic nitrogens is 1. The van der Waals surface area contributed by atoms with Crippen molar-refractivity contribution in [1.82, 2.24) is 4.98 Å². The van der Waals surface area contributed by atoms with E-state index in [0.717, 1.165) is 36.3 Å². The molecule has 1 aliphatic heterocycles. The first kappa shape index (κ1) is 17.4. The van der Waals surface area contributed by atoms with E-state index in [0.29, 0.717) is 31.1 Å². The topological polar surface area (TPSA) is 67.2 Å². The van der Waals surface area contributed by atoms with Gasteiger partial charge in [-0.25, -0.2) is 4.98 Å². The van der Waals surface area contributed by atoms with E-state index in [1.807, 2.05) is 19.1 Å². The number of nitriles is 1. The lowest BCUT2D eigenvalue weighted by Crippen LogP contribution is -2.13. The van der Waals surface area contributed by atoms with E-state index in [4.69, 9.17) is 9.47 Å². The van der Waals surface area contributed by atoms with Gasteiger partial charge < -0.3 is 14.8 Å². The lowest BCUT2D eigenvalue weighted by atomic mass is 10.1. The summed E-state index contributed by atoms with van der Waals surface area (Å²) in [6.07, 6.45) is 2.48. The predicted molar refractivity (Wildman–Crippen MR) is 96.1 cm³/mol. The predicted octanol–water partition coefficient (Wildman–Crippen LogP) is 3.57. The second-order valence-corrected chi connectivity index (χ2v) is 6.28. The summed E-state index contributed by atoms with van der Waals surface area (Å²) in [7, 11) is 0. The maximum absolute atomic E-state index is 9.18. The van der Waals surface area contributed by atoms with Gasteiger partial charge in [0.15, 0.2) is 0 Å². The number of hydrogen-bond donors (Lipinski definition) is 1. The zero-order valence-electron chi connectivity index (χ0n) is 14.5. The number of pyridine rings is 1. The van der Waals surface area contributed by atoms with Gasteiger partial charge in [0, 0.05) is 18.8 Å². The minimum atomic E-state index is 0.252. The van der Waals surface area contributed by atoms with E-state index in [1.165, 1.54) is 0 Å². The summed E-state index contributed by atoms with van der Waals surface area (Å²) in [6.45, 7) is 4.62. The van der Waals surface area contributed by atoms with Crippen molar-refractivity contribution in [2.24, 2.45) is 0 Å². The SMILES string of the molecule is Cc1ccc(C#N)c(NCc2cccc(COCC3CCCO3)c2)n1. The van der Waals surface area contributed by atoms with Crippen LogP contribution in [0.2, 0.25) is 0 Å². The molecule has 0 bridgehead atoms. The molecule has 130 valence electrons. The average molecular weight is 337 g/mol. The number of nitrogens with zero attached hydrogens (tertiary/aromatic N) is 2. The minimum Gasteiger partial charge on any atom is -0.376 e. The third-order valence-electron chi connectivity index (χ3n) is 4.20. The van der Waals surface area contributed by atoms with E-state index in [1.54, 1.807) is 6.07 Å². The van der Waals surface area contributed by atoms with Crippen molar-refractivity contribution in [3.05, 3.63) is 58.8 Å². The Kier molecular flexibility index (Phi) is 5.99. The van der Waals surface area contributed by atoms with Crippen LogP contribution in [0, 0.1) is 18.3 Å². The van der Waals surface area contributed by atoms with Gasteiger partial charge in [-0.05, 0) is 43.0 Å². The van der Waals surface area contributed by atoms with Gasteiger partial charge >= 0.3 is 0 Å². The van der Waals surface area contributed by atoms with Crippen LogP contribution in [0.1, 0.15) is 35.2 Å². The van der Waals surface area contributed by atoms with Crippen molar-refractivity contribution in [3.8, 4) is 6.07 Å². The van der Waals surface area contributed by atoms with Crippen LogP contribution >= 0.6 is 0 Å². The highest BCUT2D eigenvalue weighted by Gasteiger charge is 2.15. The summed E-state index contributed by atoms with van der Waals surface area (Å²) < 4.78 is 11.3. The summed E-state index contributed by atoms with van der Waals surface area (Å²) >= 11 is 0. The van der Waals surface area contributed by atoms with Gasteiger partial charge in [-0.2, -0.15) is 5.26 Å². The zero-order valence-corrected chi connectivity index (χ0v) is 14.5. The van der Waals surface area contributed by atoms with Crippen LogP contribution in [0.5, 0.6) is 0 Å². The first-order chi connectivity index (χ1) is 12.2. The Labute approximate surface area is 148 Å². The highest BCUT2D eigenvalue weighted by molar-refractivity contribution is 5.52. The van der Waals surface area contributed by atoms with Crippen LogP contribution < -0.4 is 5.32 Å². The molecule has 3 rings (SSSR count). The number of hydrogen-bond acceptors (Lipinski definition) is 5. The van der Waals surface area contributed by atoms with Crippen LogP contribution in [-0.2, 0) is 22.6 Å². The Morgan fingerprint density at radius 2 is 2.20 bits per heavy atom. The highest BCUT2D eigenvalue weighted by Crippen LogP contribution is 2.16. The molecule has 1 aromatic heterocycles. The largest absolute Gasteiger partial charge is 0.376 e. The van der Waals surface area contributed by atoms with Gasteiger partial charge in [-0.1, -0.05) is 24.3 Å². The number of nitrogens with one attached hydrogen (secondary N) is 1. The van der Waals surface area contributed by atoms with E-state index < -0.39 is 0 Å². The second kappa shape index (κ2) is 8.61. The molecule has 0 radical (unpaired) electrons. The number of ether oxygens (including phenoxy) is 2. The van der Waals surface area contributed by atoms with Crippen LogP contribution in [0.15, 0.2) is 36.4 Å². The van der Waals surface area contributed by atoms with Crippen LogP contribution in [-0.4, -0.2) is 24.3 Å². The van der Waals surface area contributed by atoms with Crippen molar-refractivity contribution in [2.75, 3.05) is 18.5 Å². The Balaban J connectivity index is 1.54. The Bertz CT molecular complexity index is 749. The minimum absolute atomic E-state index is 0.252. The van der Waals surface area contributed by atoms with E-state index in [2.05, 4.69) is 34.6 Å². The molecule has 1 N–H and O–H groups in total. The Hall–Kier alpha value is -2.42. The Morgan fingerprint density at radius 3 is 3.00 bits per heavy atom. The molecule has 25 heavy (non-hydrogen) atoms. The van der Waals surface area contributed by atoms with Crippen molar-refractivity contribution in [1.29, 1.82) is 5.26 Å². The molecule has 2 heterocycles. The quantitative estimate of drug-likeness (QED) is 0.836. The summed E-state index contributed by atoms with van der Waals surface area (Å²) in [4.78, 5) is 4.40. The van der Waals surface area contributed by atoms with Crippen LogP contribution in [0.3, 0.4) is 0 Å². The third-order valence-corrected chi connectivity index (χ3v) is 4.20. The lowest BCUT2D eigenvalue weighted by Gasteiger charge is -2.12. The molecule has 0 aliphatic carbocycles. The zero-order chi connectivity index (χ0) is 17.5. The van der Waals surface area contributed by atoms with Crippen molar-refractivity contribution in [3.63, 3.8) is 0 Å². The molecule has 1 unspecified atom stereocenters. The summed E-state index contributed by atoms with van der Waals surface area (Å²) in [5.74, 6) is 0.627. The smallest absolute Gasteiger partial charge is 0.144 e. The van der Waals surface area contributed by atoms with Crippen LogP contribution in [0.4, 0.5) is 5.82 Å². The lowest BCUT2D eigenvalue weighted by molar-refractivity contribution is 0.0106. The highest BCUT2D eigenvalue weighted by atomic mass is 16.5. The van der Waals surface area contributed by atoms with Gasteiger partial charge in [-0.3, -0.25) is 0 Å². The molecule has 0 spiro atoms. The Morgan fingerprint density at radius 1 is 1.32 bits per heavy atom. The van der Waals surface area contributed by atoms with Crippen molar-refractivity contribution in [2.45, 2.75) is 39.0 Å². The summed E-state index contributed by atoms with van der Waals surface area (Å²) in [5.41, 5.74) is 3.71. The molecule has 1 fully saturated rings. The summed E-state index contributed by atoms with van der Waals surface area (Å²) in [5, 5.41) is 12.4. The van der Waals surface area contributed by atoms with E-state index in [9.17, 15) is 5.26 Å². The number of aryl methyl sites for hydroxylation is 1. The van der Waals surface area contributed by atoms with Gasteiger partial charge in [0.25, 0.3) is 0 Å². The standard InChI is InChI=1S/C20H23N3O2/c1-15-7-8-18(11-21)20(23-15)22-12-16-4-2-5-17(10-16)13-24-14-19-6-3-9-25-19/h2,4-5,7-8,10,19H,3,6,9,12-14H2,1H3,(H,22,23). The van der Waals surface area contributed by atoms with Crippen LogP contribution in [0.25, 0.3) is 0 Å². The van der Waals surface area contributed by atoms with Gasteiger partial charge in [0.05, 0.1) is 24.9 Å². The molecular formula is C20H23N3O2. The molecule has 0 amide bonds. The van der Waals surface area contributed by atoms with E-state index >= 15 is 0 Å². The summed E-state index contributed by atoms with van der Waals surface area (Å²) in [6, 6.07) is 14.1. The van der Waals surface area contributed by atoms with Crippen molar-refractivity contribution < 1.29 is 9.47 Å². The first-order valence-electron chi connectivity index (χ1n) is 8.63. The molecule has 0 saturated carbocycles. The molecule has 5 heteroatoms. The van der Waals surface area contributed by atoms with Gasteiger partial charge in [0.1, 0.15) is 11.9 Å². The fourth-order valence-corrected chi connectivity index (χ4v) is 2.88. The normalized spacial score (nSPS) is 16.6. The molecular weight excluding hydrogens is 314 g/mol. The molecule has 1 aliphatic rings. The maximum atomic E-state index is 9.18. The second-order valence-electron chi connectivity index (χ2n) is 6.28. The number of rotatable bonds is 7. The number of benzene rings is 1. The average Bonchev–Trinajstić information content (AvgIpc) is 3.14. The molecule has 1 atom stereocenters. The molecule has 1 aromatic carbocycles.